The molecule has 1 saturated heterocycles. The minimum absolute atomic E-state index is 0.196. The topological polar surface area (TPSA) is 90.5 Å². The maximum absolute atomic E-state index is 12.5. The molecule has 1 fully saturated rings. The minimum Gasteiger partial charge on any atom is -0.372 e. The number of amides is 2. The maximum atomic E-state index is 12.5. The highest BCUT2D eigenvalue weighted by atomic mass is 16.2. The van der Waals surface area contributed by atoms with Crippen LogP contribution in [0.5, 0.6) is 0 Å². The minimum atomic E-state index is -0.330. The highest BCUT2D eigenvalue weighted by Crippen LogP contribution is 2.20. The van der Waals surface area contributed by atoms with Crippen LogP contribution in [-0.2, 0) is 4.79 Å². The van der Waals surface area contributed by atoms with Gasteiger partial charge in [-0.25, -0.2) is 9.97 Å². The van der Waals surface area contributed by atoms with Crippen LogP contribution >= 0.6 is 0 Å². The number of piperidine rings is 1. The summed E-state index contributed by atoms with van der Waals surface area (Å²) in [6, 6.07) is 9.14. The van der Waals surface area contributed by atoms with Gasteiger partial charge in [-0.1, -0.05) is 0 Å². The third-order valence-corrected chi connectivity index (χ3v) is 5.18. The van der Waals surface area contributed by atoms with Crippen LogP contribution in [0.2, 0.25) is 0 Å². The molecule has 8 nitrogen and oxygen atoms in total. The largest absolute Gasteiger partial charge is 0.372 e. The van der Waals surface area contributed by atoms with E-state index in [1.54, 1.807) is 30.6 Å². The lowest BCUT2D eigenvalue weighted by atomic mass is 9.98. The standard InChI is InChI=1S/C21H28N6O2/c1-3-26(4-2)18-10-8-16(9-11-18)19(28)24-25-20(29)17-7-5-14-27(15-17)21-22-12-6-13-23-21/h6,8-13,17H,3-5,7,14-15H2,1-2H3,(H,24,28)(H,25,29)/t17-/m0/s1. The summed E-state index contributed by atoms with van der Waals surface area (Å²) in [6.07, 6.45) is 5.02. The summed E-state index contributed by atoms with van der Waals surface area (Å²) in [5.74, 6) is -0.123. The number of hydrogen-bond donors (Lipinski definition) is 2. The average molecular weight is 396 g/mol. The Morgan fingerprint density at radius 1 is 1.10 bits per heavy atom. The van der Waals surface area contributed by atoms with Gasteiger partial charge >= 0.3 is 0 Å². The van der Waals surface area contributed by atoms with Gasteiger partial charge in [0.1, 0.15) is 0 Å². The SMILES string of the molecule is CCN(CC)c1ccc(C(=O)NNC(=O)[C@H]2CCCN(c3ncccn3)C2)cc1. The van der Waals surface area contributed by atoms with E-state index in [-0.39, 0.29) is 17.7 Å². The molecule has 0 aliphatic carbocycles. The van der Waals surface area contributed by atoms with Crippen molar-refractivity contribution >= 4 is 23.5 Å². The number of anilines is 2. The number of hydrazine groups is 1. The number of carbonyl (C=O) groups excluding carboxylic acids is 2. The van der Waals surface area contributed by atoms with Crippen LogP contribution in [0.1, 0.15) is 37.0 Å². The molecule has 154 valence electrons. The van der Waals surface area contributed by atoms with Crippen LogP contribution in [0.3, 0.4) is 0 Å². The number of hydrogen-bond acceptors (Lipinski definition) is 6. The lowest BCUT2D eigenvalue weighted by Crippen LogP contribution is -2.49. The zero-order valence-corrected chi connectivity index (χ0v) is 17.0. The van der Waals surface area contributed by atoms with E-state index in [1.807, 2.05) is 17.0 Å². The van der Waals surface area contributed by atoms with Gasteiger partial charge in [0.2, 0.25) is 11.9 Å². The van der Waals surface area contributed by atoms with E-state index in [4.69, 9.17) is 0 Å². The van der Waals surface area contributed by atoms with Crippen molar-refractivity contribution in [1.29, 1.82) is 0 Å². The monoisotopic (exact) mass is 396 g/mol. The second kappa shape index (κ2) is 9.86. The Hall–Kier alpha value is -3.16. The average Bonchev–Trinajstić information content (AvgIpc) is 2.79. The number of carbonyl (C=O) groups is 2. The summed E-state index contributed by atoms with van der Waals surface area (Å²) in [5.41, 5.74) is 6.67. The van der Waals surface area contributed by atoms with E-state index in [0.717, 1.165) is 38.2 Å². The number of rotatable bonds is 6. The van der Waals surface area contributed by atoms with Crippen molar-refractivity contribution in [2.24, 2.45) is 5.92 Å². The molecule has 0 spiro atoms. The summed E-state index contributed by atoms with van der Waals surface area (Å²) in [7, 11) is 0. The van der Waals surface area contributed by atoms with E-state index >= 15 is 0 Å². The molecule has 2 aromatic rings. The molecule has 2 N–H and O–H groups in total. The van der Waals surface area contributed by atoms with Crippen molar-refractivity contribution in [1.82, 2.24) is 20.8 Å². The van der Waals surface area contributed by atoms with E-state index in [0.29, 0.717) is 18.1 Å². The lowest BCUT2D eigenvalue weighted by molar-refractivity contribution is -0.126. The van der Waals surface area contributed by atoms with Gasteiger partial charge in [-0.05, 0) is 57.0 Å². The van der Waals surface area contributed by atoms with Crippen LogP contribution in [0.25, 0.3) is 0 Å². The number of aromatic nitrogens is 2. The van der Waals surface area contributed by atoms with Gasteiger partial charge in [-0.15, -0.1) is 0 Å². The molecule has 29 heavy (non-hydrogen) atoms. The Kier molecular flexibility index (Phi) is 6.99. The second-order valence-electron chi connectivity index (χ2n) is 7.00. The first-order valence-electron chi connectivity index (χ1n) is 10.1. The fraction of sp³-hybridized carbons (Fsp3) is 0.429. The van der Waals surface area contributed by atoms with Crippen LogP contribution in [0.4, 0.5) is 11.6 Å². The van der Waals surface area contributed by atoms with Gasteiger partial charge in [0, 0.05) is 49.8 Å². The third kappa shape index (κ3) is 5.22. The quantitative estimate of drug-likeness (QED) is 0.726. The molecule has 0 bridgehead atoms. The van der Waals surface area contributed by atoms with Crippen molar-refractivity contribution in [2.75, 3.05) is 36.0 Å². The van der Waals surface area contributed by atoms with E-state index < -0.39 is 0 Å². The van der Waals surface area contributed by atoms with Crippen molar-refractivity contribution in [3.8, 4) is 0 Å². The van der Waals surface area contributed by atoms with Crippen LogP contribution in [0.15, 0.2) is 42.7 Å². The molecule has 3 rings (SSSR count). The molecule has 0 unspecified atom stereocenters. The van der Waals surface area contributed by atoms with Gasteiger partial charge in [0.25, 0.3) is 5.91 Å². The van der Waals surface area contributed by atoms with E-state index in [1.165, 1.54) is 0 Å². The van der Waals surface area contributed by atoms with Crippen molar-refractivity contribution in [3.05, 3.63) is 48.3 Å². The molecular formula is C21H28N6O2. The zero-order valence-electron chi connectivity index (χ0n) is 17.0. The first kappa shape index (κ1) is 20.6. The Labute approximate surface area is 171 Å². The molecule has 1 aliphatic rings. The fourth-order valence-corrected chi connectivity index (χ4v) is 3.53. The Morgan fingerprint density at radius 2 is 1.79 bits per heavy atom. The highest BCUT2D eigenvalue weighted by molar-refractivity contribution is 5.95. The van der Waals surface area contributed by atoms with Gasteiger partial charge < -0.3 is 9.80 Å². The molecule has 1 aromatic heterocycles. The first-order chi connectivity index (χ1) is 14.1. The molecule has 0 saturated carbocycles. The zero-order chi connectivity index (χ0) is 20.6. The van der Waals surface area contributed by atoms with Crippen LogP contribution in [-0.4, -0.2) is 48.0 Å². The van der Waals surface area contributed by atoms with Gasteiger partial charge in [-0.2, -0.15) is 0 Å². The Morgan fingerprint density at radius 3 is 2.45 bits per heavy atom. The van der Waals surface area contributed by atoms with Crippen molar-refractivity contribution in [2.45, 2.75) is 26.7 Å². The molecular weight excluding hydrogens is 368 g/mol. The number of benzene rings is 1. The predicted molar refractivity (Wildman–Crippen MR) is 113 cm³/mol. The molecule has 1 aliphatic heterocycles. The molecule has 1 aromatic carbocycles. The lowest BCUT2D eigenvalue weighted by Gasteiger charge is -2.31. The van der Waals surface area contributed by atoms with Crippen LogP contribution in [0, 0.1) is 5.92 Å². The summed E-state index contributed by atoms with van der Waals surface area (Å²) in [4.78, 5) is 37.6. The molecule has 2 amide bonds. The second-order valence-corrected chi connectivity index (χ2v) is 7.00. The Balaban J connectivity index is 1.52. The maximum Gasteiger partial charge on any atom is 0.269 e. The predicted octanol–water partition coefficient (Wildman–Crippen LogP) is 2.00. The Bertz CT molecular complexity index is 808. The van der Waals surface area contributed by atoms with Crippen molar-refractivity contribution < 1.29 is 9.59 Å². The molecule has 1 atom stereocenters. The highest BCUT2D eigenvalue weighted by Gasteiger charge is 2.27. The van der Waals surface area contributed by atoms with Crippen LogP contribution < -0.4 is 20.7 Å². The van der Waals surface area contributed by atoms with Gasteiger partial charge in [0.15, 0.2) is 0 Å². The van der Waals surface area contributed by atoms with Gasteiger partial charge in [-0.3, -0.25) is 20.4 Å². The molecule has 0 radical (unpaired) electrons. The number of nitrogens with one attached hydrogen (secondary N) is 2. The smallest absolute Gasteiger partial charge is 0.269 e. The first-order valence-corrected chi connectivity index (χ1v) is 10.1. The number of nitrogens with zero attached hydrogens (tertiary/aromatic N) is 4. The normalized spacial score (nSPS) is 16.2. The van der Waals surface area contributed by atoms with E-state index in [2.05, 4.69) is 39.6 Å². The summed E-state index contributed by atoms with van der Waals surface area (Å²) >= 11 is 0. The van der Waals surface area contributed by atoms with E-state index in [9.17, 15) is 9.59 Å². The van der Waals surface area contributed by atoms with Gasteiger partial charge in [0.05, 0.1) is 5.92 Å². The summed E-state index contributed by atoms with van der Waals surface area (Å²) in [5, 5.41) is 0. The third-order valence-electron chi connectivity index (χ3n) is 5.18. The summed E-state index contributed by atoms with van der Waals surface area (Å²) < 4.78 is 0. The fourth-order valence-electron chi connectivity index (χ4n) is 3.53. The molecule has 2 heterocycles. The molecule has 8 heteroatoms. The van der Waals surface area contributed by atoms with Crippen molar-refractivity contribution in [3.63, 3.8) is 0 Å². The summed E-state index contributed by atoms with van der Waals surface area (Å²) in [6.45, 7) is 7.35.